The summed E-state index contributed by atoms with van der Waals surface area (Å²) in [7, 11) is 0. The molecule has 3 rings (SSSR count). The molecule has 4 nitrogen and oxygen atoms in total. The van der Waals surface area contributed by atoms with Gasteiger partial charge in [-0.25, -0.2) is 0 Å². The van der Waals surface area contributed by atoms with Crippen molar-refractivity contribution >= 4 is 5.69 Å². The van der Waals surface area contributed by atoms with Crippen LogP contribution in [-0.2, 0) is 13.2 Å². The Hall–Kier alpha value is -2.85. The highest BCUT2D eigenvalue weighted by molar-refractivity contribution is 5.49. The maximum atomic E-state index is 9.32. The minimum Gasteiger partial charge on any atom is -0.457 e. The lowest BCUT2D eigenvalue weighted by molar-refractivity contribution is 0.282. The van der Waals surface area contributed by atoms with Gasteiger partial charge in [0.1, 0.15) is 11.5 Å². The molecule has 0 atom stereocenters. The lowest BCUT2D eigenvalue weighted by Crippen LogP contribution is -2.03. The van der Waals surface area contributed by atoms with Gasteiger partial charge in [0.05, 0.1) is 6.61 Å². The summed E-state index contributed by atoms with van der Waals surface area (Å²) in [5.41, 5.74) is 2.76. The smallest absolute Gasteiger partial charge is 0.127 e. The van der Waals surface area contributed by atoms with Crippen molar-refractivity contribution in [3.05, 3.63) is 84.2 Å². The van der Waals surface area contributed by atoms with Crippen LogP contribution in [0.5, 0.6) is 11.5 Å². The second kappa shape index (κ2) is 7.42. The topological polar surface area (TPSA) is 54.4 Å². The summed E-state index contributed by atoms with van der Waals surface area (Å²) >= 11 is 0. The fourth-order valence-electron chi connectivity index (χ4n) is 2.27. The number of hydrogen-bond acceptors (Lipinski definition) is 4. The predicted molar refractivity (Wildman–Crippen MR) is 90.4 cm³/mol. The molecule has 2 N–H and O–H groups in total. The zero-order chi connectivity index (χ0) is 15.9. The van der Waals surface area contributed by atoms with E-state index in [1.165, 1.54) is 0 Å². The molecule has 0 fully saturated rings. The summed E-state index contributed by atoms with van der Waals surface area (Å²) < 4.78 is 5.84. The van der Waals surface area contributed by atoms with E-state index in [1.807, 2.05) is 60.7 Å². The van der Waals surface area contributed by atoms with Crippen molar-refractivity contribution in [1.82, 2.24) is 4.98 Å². The van der Waals surface area contributed by atoms with Crippen molar-refractivity contribution in [2.24, 2.45) is 0 Å². The van der Waals surface area contributed by atoms with Crippen molar-refractivity contribution in [3.63, 3.8) is 0 Å². The van der Waals surface area contributed by atoms with Crippen molar-refractivity contribution in [3.8, 4) is 11.5 Å². The number of aromatic nitrogens is 1. The Balaban J connectivity index is 1.68. The van der Waals surface area contributed by atoms with Crippen LogP contribution in [0.15, 0.2) is 73.1 Å². The molecule has 3 aromatic rings. The minimum atomic E-state index is -0.0344. The van der Waals surface area contributed by atoms with Gasteiger partial charge in [-0.1, -0.05) is 30.3 Å². The molecule has 0 aliphatic heterocycles. The summed E-state index contributed by atoms with van der Waals surface area (Å²) in [5.74, 6) is 1.61. The first-order valence-electron chi connectivity index (χ1n) is 7.44. The molecule has 1 aromatic heterocycles. The Kier molecular flexibility index (Phi) is 4.86. The van der Waals surface area contributed by atoms with E-state index in [4.69, 9.17) is 4.74 Å². The maximum absolute atomic E-state index is 9.32. The van der Waals surface area contributed by atoms with Crippen molar-refractivity contribution in [2.45, 2.75) is 13.2 Å². The van der Waals surface area contributed by atoms with E-state index < -0.39 is 0 Å². The normalized spacial score (nSPS) is 10.3. The van der Waals surface area contributed by atoms with Crippen molar-refractivity contribution < 1.29 is 9.84 Å². The van der Waals surface area contributed by atoms with E-state index in [2.05, 4.69) is 10.3 Å². The Bertz CT molecular complexity index is 760. The third-order valence-corrected chi connectivity index (χ3v) is 3.43. The Labute approximate surface area is 135 Å². The van der Waals surface area contributed by atoms with Crippen LogP contribution in [0.2, 0.25) is 0 Å². The van der Waals surface area contributed by atoms with E-state index in [9.17, 15) is 5.11 Å². The highest BCUT2D eigenvalue weighted by Gasteiger charge is 2.02. The van der Waals surface area contributed by atoms with Gasteiger partial charge in [0.2, 0.25) is 0 Å². The van der Waals surface area contributed by atoms with Crippen LogP contribution < -0.4 is 10.1 Å². The standard InChI is InChI=1S/C19H18N2O2/c22-14-16-13-20-10-9-19(16)21-12-15-5-4-8-18(11-15)23-17-6-2-1-3-7-17/h1-11,13,22H,12,14H2,(H,20,21). The monoisotopic (exact) mass is 306 g/mol. The van der Waals surface area contributed by atoms with Crippen LogP contribution in [0.4, 0.5) is 5.69 Å². The van der Waals surface area contributed by atoms with E-state index in [-0.39, 0.29) is 6.61 Å². The average molecular weight is 306 g/mol. The number of aliphatic hydroxyl groups is 1. The molecule has 0 aliphatic carbocycles. The number of ether oxygens (including phenoxy) is 1. The van der Waals surface area contributed by atoms with Gasteiger partial charge in [-0.2, -0.15) is 0 Å². The molecule has 0 unspecified atom stereocenters. The van der Waals surface area contributed by atoms with Gasteiger partial charge in [-0.15, -0.1) is 0 Å². The molecule has 1 heterocycles. The van der Waals surface area contributed by atoms with Crippen LogP contribution in [0, 0.1) is 0 Å². The lowest BCUT2D eigenvalue weighted by Gasteiger charge is -2.11. The molecule has 4 heteroatoms. The largest absolute Gasteiger partial charge is 0.457 e. The van der Waals surface area contributed by atoms with Crippen LogP contribution >= 0.6 is 0 Å². The number of hydrogen-bond donors (Lipinski definition) is 2. The van der Waals surface area contributed by atoms with E-state index in [1.54, 1.807) is 12.4 Å². The molecule has 2 aromatic carbocycles. The first-order chi connectivity index (χ1) is 11.3. The summed E-state index contributed by atoms with van der Waals surface area (Å²) in [4.78, 5) is 4.01. The third kappa shape index (κ3) is 4.08. The zero-order valence-corrected chi connectivity index (χ0v) is 12.6. The zero-order valence-electron chi connectivity index (χ0n) is 12.6. The SMILES string of the molecule is OCc1cnccc1NCc1cccc(Oc2ccccc2)c1. The maximum Gasteiger partial charge on any atom is 0.127 e. The van der Waals surface area contributed by atoms with Crippen LogP contribution in [0.25, 0.3) is 0 Å². The summed E-state index contributed by atoms with van der Waals surface area (Å²) in [6.45, 7) is 0.607. The highest BCUT2D eigenvalue weighted by Crippen LogP contribution is 2.22. The first-order valence-corrected chi connectivity index (χ1v) is 7.44. The molecule has 0 radical (unpaired) electrons. The lowest BCUT2D eigenvalue weighted by atomic mass is 10.2. The second-order valence-corrected chi connectivity index (χ2v) is 5.11. The van der Waals surface area contributed by atoms with Gasteiger partial charge in [-0.05, 0) is 35.9 Å². The summed E-state index contributed by atoms with van der Waals surface area (Å²) in [6, 6.07) is 19.5. The Morgan fingerprint density at radius 3 is 2.61 bits per heavy atom. The van der Waals surface area contributed by atoms with Crippen molar-refractivity contribution in [2.75, 3.05) is 5.32 Å². The van der Waals surface area contributed by atoms with Crippen molar-refractivity contribution in [1.29, 1.82) is 0 Å². The van der Waals surface area contributed by atoms with Gasteiger partial charge in [0.25, 0.3) is 0 Å². The Morgan fingerprint density at radius 2 is 1.78 bits per heavy atom. The molecule has 0 spiro atoms. The second-order valence-electron chi connectivity index (χ2n) is 5.11. The number of para-hydroxylation sites is 1. The summed E-state index contributed by atoms with van der Waals surface area (Å²) in [5, 5.41) is 12.6. The van der Waals surface area contributed by atoms with Crippen LogP contribution in [-0.4, -0.2) is 10.1 Å². The molecule has 0 bridgehead atoms. The quantitative estimate of drug-likeness (QED) is 0.723. The van der Waals surface area contributed by atoms with Crippen LogP contribution in [0.1, 0.15) is 11.1 Å². The molecule has 0 saturated heterocycles. The summed E-state index contributed by atoms with van der Waals surface area (Å²) in [6.07, 6.45) is 3.37. The fourth-order valence-corrected chi connectivity index (χ4v) is 2.27. The fraction of sp³-hybridized carbons (Fsp3) is 0.105. The number of rotatable bonds is 6. The van der Waals surface area contributed by atoms with Gasteiger partial charge in [0, 0.05) is 30.2 Å². The number of benzene rings is 2. The molecule has 23 heavy (non-hydrogen) atoms. The number of nitrogens with one attached hydrogen (secondary N) is 1. The van der Waals surface area contributed by atoms with E-state index >= 15 is 0 Å². The predicted octanol–water partition coefficient (Wildman–Crippen LogP) is 3.98. The van der Waals surface area contributed by atoms with Gasteiger partial charge >= 0.3 is 0 Å². The minimum absolute atomic E-state index is 0.0344. The molecule has 0 saturated carbocycles. The van der Waals surface area contributed by atoms with Gasteiger partial charge < -0.3 is 15.2 Å². The average Bonchev–Trinajstić information content (AvgIpc) is 2.61. The molecule has 0 amide bonds. The number of pyridine rings is 1. The molecular weight excluding hydrogens is 288 g/mol. The Morgan fingerprint density at radius 1 is 0.957 bits per heavy atom. The van der Waals surface area contributed by atoms with Crippen LogP contribution in [0.3, 0.4) is 0 Å². The molecule has 116 valence electrons. The number of anilines is 1. The third-order valence-electron chi connectivity index (χ3n) is 3.43. The highest BCUT2D eigenvalue weighted by atomic mass is 16.5. The number of aliphatic hydroxyl groups excluding tert-OH is 1. The van der Waals surface area contributed by atoms with E-state index in [0.717, 1.165) is 28.3 Å². The molecular formula is C19H18N2O2. The van der Waals surface area contributed by atoms with Gasteiger partial charge in [0.15, 0.2) is 0 Å². The number of nitrogens with zero attached hydrogens (tertiary/aromatic N) is 1. The van der Waals surface area contributed by atoms with E-state index in [0.29, 0.717) is 6.54 Å². The van der Waals surface area contributed by atoms with Gasteiger partial charge in [-0.3, -0.25) is 4.98 Å². The molecule has 0 aliphatic rings. The first kappa shape index (κ1) is 15.1.